The van der Waals surface area contributed by atoms with Crippen LogP contribution >= 0.6 is 0 Å². The van der Waals surface area contributed by atoms with Gasteiger partial charge in [0.2, 0.25) is 5.91 Å². The quantitative estimate of drug-likeness (QED) is 0.877. The van der Waals surface area contributed by atoms with E-state index in [0.717, 1.165) is 0 Å². The number of rotatable bonds is 5. The van der Waals surface area contributed by atoms with Crippen LogP contribution in [0.4, 0.5) is 0 Å². The highest BCUT2D eigenvalue weighted by atomic mass is 16.2. The number of benzene rings is 1. The Hall–Kier alpha value is -2.03. The van der Waals surface area contributed by atoms with Crippen molar-refractivity contribution in [3.63, 3.8) is 0 Å². The summed E-state index contributed by atoms with van der Waals surface area (Å²) >= 11 is 0. The van der Waals surface area contributed by atoms with Crippen molar-refractivity contribution in [1.29, 1.82) is 0 Å². The lowest BCUT2D eigenvalue weighted by atomic mass is 10.0. The molecule has 0 radical (unpaired) electrons. The van der Waals surface area contributed by atoms with Crippen molar-refractivity contribution in [1.82, 2.24) is 9.88 Å². The molecule has 0 aliphatic carbocycles. The first-order chi connectivity index (χ1) is 9.16. The minimum absolute atomic E-state index is 0.0649. The Bertz CT molecular complexity index is 503. The van der Waals surface area contributed by atoms with Crippen LogP contribution in [0.25, 0.3) is 0 Å². The molecule has 100 valence electrons. The van der Waals surface area contributed by atoms with Gasteiger partial charge in [-0.2, -0.15) is 0 Å². The van der Waals surface area contributed by atoms with Crippen LogP contribution in [0.2, 0.25) is 0 Å². The fraction of sp³-hybridized carbons (Fsp3) is 0.312. The first-order valence-corrected chi connectivity index (χ1v) is 6.63. The monoisotopic (exact) mass is 256 g/mol. The third kappa shape index (κ3) is 3.71. The van der Waals surface area contributed by atoms with Crippen molar-refractivity contribution < 1.29 is 4.79 Å². The van der Waals surface area contributed by atoms with E-state index in [1.807, 2.05) is 61.1 Å². The molecular formula is C16H20N2O. The van der Waals surface area contributed by atoms with Crippen LogP contribution in [0.1, 0.15) is 25.5 Å². The highest BCUT2D eigenvalue weighted by Gasteiger charge is 2.20. The van der Waals surface area contributed by atoms with Crippen LogP contribution in [0.5, 0.6) is 0 Å². The van der Waals surface area contributed by atoms with Gasteiger partial charge in [-0.25, -0.2) is 0 Å². The van der Waals surface area contributed by atoms with Gasteiger partial charge in [0.25, 0.3) is 0 Å². The first kappa shape index (κ1) is 13.4. The zero-order valence-electron chi connectivity index (χ0n) is 11.4. The summed E-state index contributed by atoms with van der Waals surface area (Å²) in [5.74, 6) is 0.0649. The second kappa shape index (κ2) is 6.23. The number of hydrogen-bond donors (Lipinski definition) is 1. The number of carbonyl (C=O) groups excluding carboxylic acids is 1. The molecule has 0 aliphatic rings. The molecule has 1 heterocycles. The second-order valence-corrected chi connectivity index (χ2v) is 5.00. The Morgan fingerprint density at radius 2 is 1.74 bits per heavy atom. The maximum atomic E-state index is 12.3. The Balaban J connectivity index is 2.18. The predicted octanol–water partition coefficient (Wildman–Crippen LogP) is 2.80. The van der Waals surface area contributed by atoms with E-state index < -0.39 is 0 Å². The Labute approximate surface area is 114 Å². The summed E-state index contributed by atoms with van der Waals surface area (Å²) in [5.41, 5.74) is 1.17. The average Bonchev–Trinajstić information content (AvgIpc) is 2.90. The van der Waals surface area contributed by atoms with Gasteiger partial charge >= 0.3 is 0 Å². The van der Waals surface area contributed by atoms with Crippen LogP contribution in [0.15, 0.2) is 54.9 Å². The second-order valence-electron chi connectivity index (χ2n) is 5.00. The normalized spacial score (nSPS) is 12.4. The van der Waals surface area contributed by atoms with Crippen LogP contribution < -0.4 is 5.32 Å². The van der Waals surface area contributed by atoms with E-state index >= 15 is 0 Å². The third-order valence-corrected chi connectivity index (χ3v) is 2.99. The molecule has 0 unspecified atom stereocenters. The van der Waals surface area contributed by atoms with Gasteiger partial charge in [-0.15, -0.1) is 0 Å². The van der Waals surface area contributed by atoms with Gasteiger partial charge in [-0.1, -0.05) is 30.3 Å². The van der Waals surface area contributed by atoms with Crippen molar-refractivity contribution in [3.05, 3.63) is 60.4 Å². The molecule has 1 amide bonds. The van der Waals surface area contributed by atoms with Crippen molar-refractivity contribution in [2.75, 3.05) is 0 Å². The number of aromatic nitrogens is 1. The van der Waals surface area contributed by atoms with Crippen molar-refractivity contribution in [3.8, 4) is 0 Å². The first-order valence-electron chi connectivity index (χ1n) is 6.63. The van der Waals surface area contributed by atoms with Gasteiger partial charge in [-0.05, 0) is 31.5 Å². The summed E-state index contributed by atoms with van der Waals surface area (Å²) < 4.78 is 1.96. The zero-order chi connectivity index (χ0) is 13.7. The summed E-state index contributed by atoms with van der Waals surface area (Å²) in [6.45, 7) is 3.96. The van der Waals surface area contributed by atoms with Gasteiger partial charge in [0.15, 0.2) is 0 Å². The maximum Gasteiger partial charge on any atom is 0.243 e. The molecule has 0 aliphatic heterocycles. The molecule has 0 spiro atoms. The standard InChI is InChI=1S/C16H20N2O/c1-13(2)17-16(19)15(18-10-6-7-11-18)12-14-8-4-3-5-9-14/h3-11,13,15H,12H2,1-2H3,(H,17,19)/t15-/m1/s1. The summed E-state index contributed by atoms with van der Waals surface area (Å²) in [5, 5.41) is 2.99. The summed E-state index contributed by atoms with van der Waals surface area (Å²) in [4.78, 5) is 12.3. The van der Waals surface area contributed by atoms with Crippen LogP contribution in [0.3, 0.4) is 0 Å². The Kier molecular flexibility index (Phi) is 4.39. The van der Waals surface area contributed by atoms with Gasteiger partial charge < -0.3 is 9.88 Å². The van der Waals surface area contributed by atoms with E-state index in [9.17, 15) is 4.79 Å². The van der Waals surface area contributed by atoms with E-state index in [1.165, 1.54) is 5.56 Å². The molecule has 3 nitrogen and oxygen atoms in total. The van der Waals surface area contributed by atoms with Gasteiger partial charge in [-0.3, -0.25) is 4.79 Å². The smallest absolute Gasteiger partial charge is 0.243 e. The van der Waals surface area contributed by atoms with Gasteiger partial charge in [0.05, 0.1) is 0 Å². The highest BCUT2D eigenvalue weighted by molar-refractivity contribution is 5.80. The van der Waals surface area contributed by atoms with E-state index in [2.05, 4.69) is 17.4 Å². The SMILES string of the molecule is CC(C)NC(=O)[C@@H](Cc1ccccc1)n1cccc1. The molecule has 1 atom stereocenters. The summed E-state index contributed by atoms with van der Waals surface area (Å²) in [6.07, 6.45) is 4.58. The highest BCUT2D eigenvalue weighted by Crippen LogP contribution is 2.15. The lowest BCUT2D eigenvalue weighted by Crippen LogP contribution is -2.37. The molecule has 1 N–H and O–H groups in total. The third-order valence-electron chi connectivity index (χ3n) is 2.99. The zero-order valence-corrected chi connectivity index (χ0v) is 11.4. The van der Waals surface area contributed by atoms with Crippen LogP contribution in [-0.2, 0) is 11.2 Å². The number of amides is 1. The lowest BCUT2D eigenvalue weighted by Gasteiger charge is -2.20. The van der Waals surface area contributed by atoms with Crippen LogP contribution in [-0.4, -0.2) is 16.5 Å². The van der Waals surface area contributed by atoms with Crippen molar-refractivity contribution in [2.45, 2.75) is 32.4 Å². The minimum Gasteiger partial charge on any atom is -0.352 e. The number of hydrogen-bond acceptors (Lipinski definition) is 1. The van der Waals surface area contributed by atoms with Crippen molar-refractivity contribution in [2.24, 2.45) is 0 Å². The number of nitrogens with one attached hydrogen (secondary N) is 1. The minimum atomic E-state index is -0.195. The molecule has 0 saturated heterocycles. The largest absolute Gasteiger partial charge is 0.352 e. The average molecular weight is 256 g/mol. The Morgan fingerprint density at radius 3 is 2.32 bits per heavy atom. The molecule has 3 heteroatoms. The van der Waals surface area contributed by atoms with E-state index in [-0.39, 0.29) is 18.0 Å². The summed E-state index contributed by atoms with van der Waals surface area (Å²) in [6, 6.07) is 14.0. The number of carbonyl (C=O) groups is 1. The fourth-order valence-corrected chi connectivity index (χ4v) is 2.11. The van der Waals surface area contributed by atoms with E-state index in [1.54, 1.807) is 0 Å². The molecule has 1 aromatic carbocycles. The molecule has 2 aromatic rings. The Morgan fingerprint density at radius 1 is 1.11 bits per heavy atom. The van der Waals surface area contributed by atoms with E-state index in [4.69, 9.17) is 0 Å². The predicted molar refractivity (Wildman–Crippen MR) is 76.9 cm³/mol. The molecule has 19 heavy (non-hydrogen) atoms. The van der Waals surface area contributed by atoms with Gasteiger partial charge in [0.1, 0.15) is 6.04 Å². The van der Waals surface area contributed by atoms with Crippen molar-refractivity contribution >= 4 is 5.91 Å². The lowest BCUT2D eigenvalue weighted by molar-refractivity contribution is -0.124. The van der Waals surface area contributed by atoms with Gasteiger partial charge in [0, 0.05) is 24.9 Å². The van der Waals surface area contributed by atoms with E-state index in [0.29, 0.717) is 6.42 Å². The van der Waals surface area contributed by atoms with Crippen LogP contribution in [0, 0.1) is 0 Å². The molecule has 0 saturated carbocycles. The fourth-order valence-electron chi connectivity index (χ4n) is 2.11. The molecule has 1 aromatic heterocycles. The maximum absolute atomic E-state index is 12.3. The molecular weight excluding hydrogens is 236 g/mol. The number of nitrogens with zero attached hydrogens (tertiary/aromatic N) is 1. The molecule has 0 fully saturated rings. The molecule has 2 rings (SSSR count). The summed E-state index contributed by atoms with van der Waals surface area (Å²) in [7, 11) is 0. The topological polar surface area (TPSA) is 34.0 Å². The molecule has 0 bridgehead atoms.